The number of rotatable bonds is 7. The smallest absolute Gasteiger partial charge is 0.191 e. The van der Waals surface area contributed by atoms with Crippen molar-refractivity contribution in [2.45, 2.75) is 36.7 Å². The van der Waals surface area contributed by atoms with Crippen LogP contribution in [0.25, 0.3) is 0 Å². The second-order valence-electron chi connectivity index (χ2n) is 6.28. The van der Waals surface area contributed by atoms with E-state index < -0.39 is 9.84 Å². The van der Waals surface area contributed by atoms with E-state index in [0.29, 0.717) is 18.0 Å². The molecule has 0 aliphatic rings. The molecule has 2 aromatic carbocycles. The summed E-state index contributed by atoms with van der Waals surface area (Å²) in [6.45, 7) is 6.05. The molecular formula is C20H28IN3O2S2. The molecule has 0 aliphatic carbocycles. The lowest BCUT2D eigenvalue weighted by atomic mass is 10.1. The van der Waals surface area contributed by atoms with E-state index >= 15 is 0 Å². The molecule has 0 fully saturated rings. The number of aryl methyl sites for hydroxylation is 1. The van der Waals surface area contributed by atoms with Crippen molar-refractivity contribution in [2.75, 3.05) is 19.1 Å². The van der Waals surface area contributed by atoms with E-state index in [4.69, 9.17) is 0 Å². The fourth-order valence-corrected chi connectivity index (χ4v) is 3.87. The summed E-state index contributed by atoms with van der Waals surface area (Å²) in [5.74, 6) is 0.734. The van der Waals surface area contributed by atoms with Crippen LogP contribution in [0.3, 0.4) is 0 Å². The maximum absolute atomic E-state index is 11.5. The molecule has 0 aromatic heterocycles. The number of nitrogens with zero attached hydrogens (tertiary/aromatic N) is 1. The van der Waals surface area contributed by atoms with E-state index in [0.717, 1.165) is 18.1 Å². The van der Waals surface area contributed by atoms with Crippen LogP contribution in [-0.2, 0) is 22.9 Å². The molecule has 0 bridgehead atoms. The van der Waals surface area contributed by atoms with Gasteiger partial charge in [0.25, 0.3) is 0 Å². The minimum atomic E-state index is -3.17. The Bertz CT molecular complexity index is 898. The highest BCUT2D eigenvalue weighted by atomic mass is 127. The Kier molecular flexibility index (Phi) is 10.3. The normalized spacial score (nSPS) is 11.6. The number of guanidine groups is 1. The third-order valence-electron chi connectivity index (χ3n) is 4.00. The van der Waals surface area contributed by atoms with Crippen molar-refractivity contribution in [1.29, 1.82) is 0 Å². The van der Waals surface area contributed by atoms with Crippen LogP contribution in [0.1, 0.15) is 23.6 Å². The second-order valence-corrected chi connectivity index (χ2v) is 9.14. The number of aliphatic imine (C=N–C) groups is 1. The maximum Gasteiger partial charge on any atom is 0.191 e. The molecule has 2 aromatic rings. The minimum Gasteiger partial charge on any atom is -0.357 e. The summed E-state index contributed by atoms with van der Waals surface area (Å²) < 4.78 is 23.1. The highest BCUT2D eigenvalue weighted by molar-refractivity contribution is 14.0. The standard InChI is InChI=1S/C20H27N3O2S2.HI/c1-5-21-20(23-14-17-9-6-15(2)12-19(17)26-3)22-13-16-7-10-18(11-8-16)27(4,24)25;/h6-12H,5,13-14H2,1-4H3,(H2,21,22,23);1H. The van der Waals surface area contributed by atoms with E-state index in [1.807, 2.05) is 6.92 Å². The first-order valence-electron chi connectivity index (χ1n) is 8.78. The number of nitrogens with one attached hydrogen (secondary N) is 2. The zero-order chi connectivity index (χ0) is 19.9. The molecule has 0 heterocycles. The summed E-state index contributed by atoms with van der Waals surface area (Å²) in [5, 5.41) is 6.61. The first-order valence-corrected chi connectivity index (χ1v) is 11.9. The molecule has 0 amide bonds. The van der Waals surface area contributed by atoms with Crippen molar-refractivity contribution in [3.63, 3.8) is 0 Å². The Labute approximate surface area is 189 Å². The summed E-state index contributed by atoms with van der Waals surface area (Å²) in [4.78, 5) is 6.18. The van der Waals surface area contributed by atoms with Gasteiger partial charge < -0.3 is 10.6 Å². The molecule has 2 N–H and O–H groups in total. The van der Waals surface area contributed by atoms with Crippen molar-refractivity contribution in [1.82, 2.24) is 10.6 Å². The molecule has 8 heteroatoms. The molecule has 0 spiro atoms. The number of hydrogen-bond donors (Lipinski definition) is 2. The van der Waals surface area contributed by atoms with Gasteiger partial charge in [-0.15, -0.1) is 35.7 Å². The predicted molar refractivity (Wildman–Crippen MR) is 130 cm³/mol. The number of benzene rings is 2. The van der Waals surface area contributed by atoms with Crippen LogP contribution in [0.2, 0.25) is 0 Å². The van der Waals surface area contributed by atoms with E-state index in [2.05, 4.69) is 47.0 Å². The Morgan fingerprint density at radius 2 is 1.79 bits per heavy atom. The maximum atomic E-state index is 11.5. The lowest BCUT2D eigenvalue weighted by molar-refractivity contribution is 0.602. The van der Waals surface area contributed by atoms with E-state index in [-0.39, 0.29) is 24.0 Å². The van der Waals surface area contributed by atoms with Gasteiger partial charge in [-0.05, 0) is 55.0 Å². The summed E-state index contributed by atoms with van der Waals surface area (Å²) in [7, 11) is -3.17. The Balaban J connectivity index is 0.00000392. The van der Waals surface area contributed by atoms with Gasteiger partial charge in [0.1, 0.15) is 0 Å². The summed E-state index contributed by atoms with van der Waals surface area (Å²) >= 11 is 1.74. The summed E-state index contributed by atoms with van der Waals surface area (Å²) in [6, 6.07) is 13.3. The number of halogens is 1. The van der Waals surface area contributed by atoms with Gasteiger partial charge in [0.05, 0.1) is 11.4 Å². The minimum absolute atomic E-state index is 0. The Morgan fingerprint density at radius 1 is 1.11 bits per heavy atom. The zero-order valence-electron chi connectivity index (χ0n) is 16.7. The molecule has 5 nitrogen and oxygen atoms in total. The van der Waals surface area contributed by atoms with Crippen LogP contribution in [0.5, 0.6) is 0 Å². The van der Waals surface area contributed by atoms with E-state index in [1.54, 1.807) is 36.0 Å². The number of sulfone groups is 1. The zero-order valence-corrected chi connectivity index (χ0v) is 20.6. The predicted octanol–water partition coefficient (Wildman–Crippen LogP) is 3.99. The van der Waals surface area contributed by atoms with Gasteiger partial charge in [-0.1, -0.05) is 24.3 Å². The van der Waals surface area contributed by atoms with Crippen molar-refractivity contribution in [3.8, 4) is 0 Å². The Morgan fingerprint density at radius 3 is 2.36 bits per heavy atom. The molecule has 0 unspecified atom stereocenters. The van der Waals surface area contributed by atoms with Crippen molar-refractivity contribution >= 4 is 51.5 Å². The third-order valence-corrected chi connectivity index (χ3v) is 5.95. The molecular weight excluding hydrogens is 505 g/mol. The molecule has 0 aliphatic heterocycles. The molecule has 0 saturated heterocycles. The molecule has 2 rings (SSSR count). The largest absolute Gasteiger partial charge is 0.357 e. The van der Waals surface area contributed by atoms with Crippen LogP contribution < -0.4 is 10.6 Å². The van der Waals surface area contributed by atoms with Gasteiger partial charge in [-0.2, -0.15) is 0 Å². The molecule has 0 radical (unpaired) electrons. The van der Waals surface area contributed by atoms with Gasteiger partial charge in [0.2, 0.25) is 0 Å². The highest BCUT2D eigenvalue weighted by Gasteiger charge is 2.07. The topological polar surface area (TPSA) is 70.6 Å². The highest BCUT2D eigenvalue weighted by Crippen LogP contribution is 2.21. The summed E-state index contributed by atoms with van der Waals surface area (Å²) in [6.07, 6.45) is 3.29. The monoisotopic (exact) mass is 533 g/mol. The number of thioether (sulfide) groups is 1. The third kappa shape index (κ3) is 7.63. The van der Waals surface area contributed by atoms with Gasteiger partial charge in [-0.3, -0.25) is 0 Å². The quantitative estimate of drug-likeness (QED) is 0.244. The second kappa shape index (κ2) is 11.7. The van der Waals surface area contributed by atoms with Crippen LogP contribution in [0.15, 0.2) is 57.2 Å². The average molecular weight is 534 g/mol. The average Bonchev–Trinajstić information content (AvgIpc) is 2.64. The van der Waals surface area contributed by atoms with Crippen LogP contribution in [0, 0.1) is 6.92 Å². The van der Waals surface area contributed by atoms with Gasteiger partial charge >= 0.3 is 0 Å². The molecule has 0 saturated carbocycles. The van der Waals surface area contributed by atoms with Crippen molar-refractivity contribution < 1.29 is 8.42 Å². The van der Waals surface area contributed by atoms with E-state index in [1.165, 1.54) is 22.3 Å². The lowest BCUT2D eigenvalue weighted by Crippen LogP contribution is -2.36. The first kappa shape index (κ1) is 24.8. The van der Waals surface area contributed by atoms with Crippen LogP contribution in [-0.4, -0.2) is 33.4 Å². The lowest BCUT2D eigenvalue weighted by Gasteiger charge is -2.14. The van der Waals surface area contributed by atoms with Gasteiger partial charge in [-0.25, -0.2) is 13.4 Å². The van der Waals surface area contributed by atoms with Crippen LogP contribution >= 0.6 is 35.7 Å². The number of hydrogen-bond acceptors (Lipinski definition) is 4. The van der Waals surface area contributed by atoms with Gasteiger partial charge in [0.15, 0.2) is 15.8 Å². The Hall–Kier alpha value is -1.26. The fraction of sp³-hybridized carbons (Fsp3) is 0.350. The van der Waals surface area contributed by atoms with Crippen LogP contribution in [0.4, 0.5) is 0 Å². The van der Waals surface area contributed by atoms with E-state index in [9.17, 15) is 8.42 Å². The SMILES string of the molecule is CCNC(=NCc1ccc(S(C)(=O)=O)cc1)NCc1ccc(C)cc1SC.I. The first-order chi connectivity index (χ1) is 12.8. The fourth-order valence-electron chi connectivity index (χ4n) is 2.53. The summed E-state index contributed by atoms with van der Waals surface area (Å²) in [5.41, 5.74) is 3.44. The molecule has 0 atom stereocenters. The molecule has 28 heavy (non-hydrogen) atoms. The molecule has 154 valence electrons. The van der Waals surface area contributed by atoms with Crippen molar-refractivity contribution in [3.05, 3.63) is 59.2 Å². The van der Waals surface area contributed by atoms with Gasteiger partial charge in [0, 0.05) is 24.2 Å². The van der Waals surface area contributed by atoms with Crippen molar-refractivity contribution in [2.24, 2.45) is 4.99 Å².